The quantitative estimate of drug-likeness (QED) is 0.808. The zero-order valence-corrected chi connectivity index (χ0v) is 12.3. The van der Waals surface area contributed by atoms with Gasteiger partial charge in [0.2, 0.25) is 0 Å². The van der Waals surface area contributed by atoms with E-state index in [1.165, 1.54) is 5.32 Å². The SMILES string of the molecule is O=C(Nc1ccc(C2CCCN2C(=O)C(F)(F)F)c(F)c1)C(F)(F)F. The first kappa shape index (κ1) is 19.0. The molecule has 4 nitrogen and oxygen atoms in total. The Bertz CT molecular complexity index is 685. The average Bonchev–Trinajstić information content (AvgIpc) is 2.93. The van der Waals surface area contributed by atoms with Gasteiger partial charge in [0.05, 0.1) is 6.04 Å². The van der Waals surface area contributed by atoms with E-state index in [0.29, 0.717) is 11.0 Å². The van der Waals surface area contributed by atoms with Crippen LogP contribution in [-0.4, -0.2) is 35.6 Å². The highest BCUT2D eigenvalue weighted by molar-refractivity contribution is 5.94. The number of likely N-dealkylation sites (tertiary alicyclic amines) is 1. The van der Waals surface area contributed by atoms with Gasteiger partial charge in [-0.05, 0) is 25.0 Å². The predicted octanol–water partition coefficient (Wildman–Crippen LogP) is 3.55. The highest BCUT2D eigenvalue weighted by atomic mass is 19.4. The van der Waals surface area contributed by atoms with Gasteiger partial charge in [-0.3, -0.25) is 9.59 Å². The van der Waals surface area contributed by atoms with E-state index in [1.54, 1.807) is 0 Å². The molecule has 1 aliphatic heterocycles. The van der Waals surface area contributed by atoms with E-state index in [4.69, 9.17) is 0 Å². The van der Waals surface area contributed by atoms with Crippen LogP contribution in [-0.2, 0) is 9.59 Å². The van der Waals surface area contributed by atoms with Crippen molar-refractivity contribution in [3.05, 3.63) is 29.6 Å². The zero-order chi connectivity index (χ0) is 19.0. The lowest BCUT2D eigenvalue weighted by molar-refractivity contribution is -0.186. The zero-order valence-electron chi connectivity index (χ0n) is 12.3. The first-order chi connectivity index (χ1) is 11.4. The number of alkyl halides is 6. The number of carbonyl (C=O) groups is 2. The Labute approximate surface area is 136 Å². The van der Waals surface area contributed by atoms with Crippen molar-refractivity contribution in [3.63, 3.8) is 0 Å². The molecule has 138 valence electrons. The number of hydrogen-bond donors (Lipinski definition) is 1. The van der Waals surface area contributed by atoms with Crippen LogP contribution in [0.5, 0.6) is 0 Å². The number of amides is 2. The summed E-state index contributed by atoms with van der Waals surface area (Å²) in [6.07, 6.45) is -9.98. The van der Waals surface area contributed by atoms with Crippen molar-refractivity contribution in [2.75, 3.05) is 11.9 Å². The topological polar surface area (TPSA) is 49.4 Å². The number of benzene rings is 1. The van der Waals surface area contributed by atoms with Crippen LogP contribution >= 0.6 is 0 Å². The van der Waals surface area contributed by atoms with Gasteiger partial charge in [-0.2, -0.15) is 26.3 Å². The van der Waals surface area contributed by atoms with Crippen LogP contribution in [0.3, 0.4) is 0 Å². The van der Waals surface area contributed by atoms with Crippen molar-refractivity contribution in [2.45, 2.75) is 31.2 Å². The van der Waals surface area contributed by atoms with Crippen LogP contribution in [0, 0.1) is 5.82 Å². The molecular formula is C14H11F7N2O2. The highest BCUT2D eigenvalue weighted by Gasteiger charge is 2.46. The molecule has 1 aromatic carbocycles. The molecule has 0 aliphatic carbocycles. The van der Waals surface area contributed by atoms with E-state index >= 15 is 0 Å². The Morgan fingerprint density at radius 1 is 1.08 bits per heavy atom. The third kappa shape index (κ3) is 4.20. The Balaban J connectivity index is 2.23. The van der Waals surface area contributed by atoms with Gasteiger partial charge in [-0.1, -0.05) is 6.07 Å². The van der Waals surface area contributed by atoms with Crippen molar-refractivity contribution in [1.82, 2.24) is 4.90 Å². The van der Waals surface area contributed by atoms with Crippen LogP contribution in [0.1, 0.15) is 24.4 Å². The molecule has 2 amide bonds. The normalized spacial score (nSPS) is 18.4. The molecule has 1 N–H and O–H groups in total. The summed E-state index contributed by atoms with van der Waals surface area (Å²) in [4.78, 5) is 22.7. The fourth-order valence-corrected chi connectivity index (χ4v) is 2.57. The molecule has 2 rings (SSSR count). The number of rotatable bonds is 2. The van der Waals surface area contributed by atoms with Crippen molar-refractivity contribution < 1.29 is 40.3 Å². The molecule has 1 heterocycles. The van der Waals surface area contributed by atoms with Gasteiger partial charge in [-0.25, -0.2) is 4.39 Å². The molecule has 1 atom stereocenters. The van der Waals surface area contributed by atoms with Crippen LogP contribution in [0.2, 0.25) is 0 Å². The number of carbonyl (C=O) groups excluding carboxylic acids is 2. The second kappa shape index (κ2) is 6.52. The van der Waals surface area contributed by atoms with Crippen LogP contribution < -0.4 is 5.32 Å². The van der Waals surface area contributed by atoms with E-state index in [9.17, 15) is 40.3 Å². The lowest BCUT2D eigenvalue weighted by Crippen LogP contribution is -2.40. The summed E-state index contributed by atoms with van der Waals surface area (Å²) in [5.41, 5.74) is -0.768. The largest absolute Gasteiger partial charge is 0.471 e. The van der Waals surface area contributed by atoms with Gasteiger partial charge in [0, 0.05) is 17.8 Å². The van der Waals surface area contributed by atoms with Crippen molar-refractivity contribution in [3.8, 4) is 0 Å². The van der Waals surface area contributed by atoms with Gasteiger partial charge in [0.25, 0.3) is 0 Å². The Morgan fingerprint density at radius 3 is 2.24 bits per heavy atom. The van der Waals surface area contributed by atoms with Crippen LogP contribution in [0.15, 0.2) is 18.2 Å². The van der Waals surface area contributed by atoms with Crippen molar-refractivity contribution in [1.29, 1.82) is 0 Å². The number of hydrogen-bond acceptors (Lipinski definition) is 2. The molecule has 0 radical (unpaired) electrons. The summed E-state index contributed by atoms with van der Waals surface area (Å²) in [5, 5.41) is 1.43. The molecule has 1 aromatic rings. The molecule has 0 spiro atoms. The monoisotopic (exact) mass is 372 g/mol. The standard InChI is InChI=1S/C14H11F7N2O2/c15-9-6-7(22-11(24)13(16,17)18)3-4-8(9)10-2-1-5-23(10)12(25)14(19,20)21/h3-4,6,10H,1-2,5H2,(H,22,24). The molecule has 1 aliphatic rings. The summed E-state index contributed by atoms with van der Waals surface area (Å²) >= 11 is 0. The lowest BCUT2D eigenvalue weighted by atomic mass is 10.0. The second-order valence-corrected chi connectivity index (χ2v) is 5.34. The van der Waals surface area contributed by atoms with E-state index < -0.39 is 41.7 Å². The Kier molecular flexibility index (Phi) is 4.96. The highest BCUT2D eigenvalue weighted by Crippen LogP contribution is 2.37. The van der Waals surface area contributed by atoms with Gasteiger partial charge in [0.15, 0.2) is 0 Å². The summed E-state index contributed by atoms with van der Waals surface area (Å²) < 4.78 is 88.3. The fourth-order valence-electron chi connectivity index (χ4n) is 2.57. The third-order valence-corrected chi connectivity index (χ3v) is 3.63. The first-order valence-corrected chi connectivity index (χ1v) is 6.96. The summed E-state index contributed by atoms with van der Waals surface area (Å²) in [7, 11) is 0. The molecule has 1 unspecified atom stereocenters. The van der Waals surface area contributed by atoms with Gasteiger partial charge in [0.1, 0.15) is 5.82 Å². The fraction of sp³-hybridized carbons (Fsp3) is 0.429. The molecule has 0 bridgehead atoms. The third-order valence-electron chi connectivity index (χ3n) is 3.63. The molecule has 1 saturated heterocycles. The molecule has 11 heteroatoms. The smallest absolute Gasteiger partial charge is 0.328 e. The Morgan fingerprint density at radius 2 is 1.72 bits per heavy atom. The van der Waals surface area contributed by atoms with E-state index in [2.05, 4.69) is 0 Å². The molecule has 25 heavy (non-hydrogen) atoms. The number of anilines is 1. The summed E-state index contributed by atoms with van der Waals surface area (Å²) in [6.45, 7) is -0.213. The number of nitrogens with one attached hydrogen (secondary N) is 1. The second-order valence-electron chi connectivity index (χ2n) is 5.34. The molecule has 1 fully saturated rings. The maximum absolute atomic E-state index is 14.1. The predicted molar refractivity (Wildman–Crippen MR) is 70.8 cm³/mol. The first-order valence-electron chi connectivity index (χ1n) is 6.96. The lowest BCUT2D eigenvalue weighted by Gasteiger charge is -2.26. The van der Waals surface area contributed by atoms with Crippen molar-refractivity contribution >= 4 is 17.5 Å². The van der Waals surface area contributed by atoms with E-state index in [0.717, 1.165) is 12.1 Å². The Hall–Kier alpha value is -2.33. The van der Waals surface area contributed by atoms with Gasteiger partial charge in [-0.15, -0.1) is 0 Å². The minimum Gasteiger partial charge on any atom is -0.328 e. The molecular weight excluding hydrogens is 361 g/mol. The van der Waals surface area contributed by atoms with E-state index in [1.807, 2.05) is 0 Å². The molecule has 0 aromatic heterocycles. The van der Waals surface area contributed by atoms with Crippen molar-refractivity contribution in [2.24, 2.45) is 0 Å². The van der Waals surface area contributed by atoms with Crippen LogP contribution in [0.25, 0.3) is 0 Å². The number of nitrogens with zero attached hydrogens (tertiary/aromatic N) is 1. The van der Waals surface area contributed by atoms with Crippen LogP contribution in [0.4, 0.5) is 36.4 Å². The maximum atomic E-state index is 14.1. The minimum atomic E-state index is -5.17. The van der Waals surface area contributed by atoms with E-state index in [-0.39, 0.29) is 24.9 Å². The summed E-state index contributed by atoms with van der Waals surface area (Å²) in [5.74, 6) is -5.54. The van der Waals surface area contributed by atoms with Gasteiger partial charge < -0.3 is 10.2 Å². The van der Waals surface area contributed by atoms with Gasteiger partial charge >= 0.3 is 24.2 Å². The average molecular weight is 372 g/mol. The maximum Gasteiger partial charge on any atom is 0.471 e. The molecule has 0 saturated carbocycles. The number of halogens is 7. The minimum absolute atomic E-state index is 0.0764. The summed E-state index contributed by atoms with van der Waals surface area (Å²) in [6, 6.07) is 1.26.